The second-order valence-corrected chi connectivity index (χ2v) is 4.23. The molecule has 0 unspecified atom stereocenters. The van der Waals surface area contributed by atoms with E-state index in [1.54, 1.807) is 19.1 Å². The SMILES string of the molecule is [2H]C1([2H])C(=O)O[C@](C#C)(CO)[C@@]1([2H])OC(=O)c1ccc(C)cc1. The molecular weight excluding hydrogens is 260 g/mol. The van der Waals surface area contributed by atoms with E-state index in [0.29, 0.717) is 0 Å². The van der Waals surface area contributed by atoms with Gasteiger partial charge in [-0.2, -0.15) is 0 Å². The van der Waals surface area contributed by atoms with Crippen LogP contribution in [0.4, 0.5) is 0 Å². The van der Waals surface area contributed by atoms with Crippen LogP contribution in [-0.4, -0.2) is 35.3 Å². The Bertz CT molecular complexity index is 694. The van der Waals surface area contributed by atoms with Gasteiger partial charge in [0.2, 0.25) is 5.60 Å². The molecule has 1 fully saturated rings. The largest absolute Gasteiger partial charge is 0.453 e. The van der Waals surface area contributed by atoms with Crippen molar-refractivity contribution in [2.75, 3.05) is 6.61 Å². The molecule has 0 amide bonds. The first-order chi connectivity index (χ1) is 10.6. The molecule has 2 rings (SSSR count). The van der Waals surface area contributed by atoms with Crippen molar-refractivity contribution < 1.29 is 28.3 Å². The van der Waals surface area contributed by atoms with Crippen LogP contribution in [-0.2, 0) is 14.3 Å². The third kappa shape index (κ3) is 2.51. The first kappa shape index (κ1) is 10.5. The highest BCUT2D eigenvalue weighted by Crippen LogP contribution is 2.29. The molecule has 0 spiro atoms. The molecule has 1 aromatic carbocycles. The fraction of sp³-hybridized carbons (Fsp3) is 0.333. The molecule has 5 heteroatoms. The fourth-order valence-corrected chi connectivity index (χ4v) is 1.62. The van der Waals surface area contributed by atoms with Crippen molar-refractivity contribution in [3.8, 4) is 12.3 Å². The van der Waals surface area contributed by atoms with E-state index in [2.05, 4.69) is 4.74 Å². The second-order valence-electron chi connectivity index (χ2n) is 4.23. The van der Waals surface area contributed by atoms with Crippen molar-refractivity contribution in [2.24, 2.45) is 0 Å². The van der Waals surface area contributed by atoms with Crippen LogP contribution in [0.15, 0.2) is 24.3 Å². The predicted molar refractivity (Wildman–Crippen MR) is 69.7 cm³/mol. The van der Waals surface area contributed by atoms with Crippen LogP contribution in [0.25, 0.3) is 0 Å². The second kappa shape index (κ2) is 5.35. The van der Waals surface area contributed by atoms with Gasteiger partial charge >= 0.3 is 11.9 Å². The van der Waals surface area contributed by atoms with E-state index in [1.165, 1.54) is 12.1 Å². The van der Waals surface area contributed by atoms with Gasteiger partial charge in [0.1, 0.15) is 0 Å². The summed E-state index contributed by atoms with van der Waals surface area (Å²) < 4.78 is 33.2. The molecule has 1 N–H and O–H groups in total. The number of aliphatic hydroxyl groups excluding tert-OH is 1. The molecule has 104 valence electrons. The summed E-state index contributed by atoms with van der Waals surface area (Å²) in [6, 6.07) is 6.09. The maximum atomic E-state index is 12.2. The van der Waals surface area contributed by atoms with Crippen molar-refractivity contribution in [1.82, 2.24) is 0 Å². The van der Waals surface area contributed by atoms with Gasteiger partial charge in [0.05, 0.1) is 19.9 Å². The summed E-state index contributed by atoms with van der Waals surface area (Å²) >= 11 is 0. The van der Waals surface area contributed by atoms with Gasteiger partial charge in [-0.1, -0.05) is 23.6 Å². The number of aliphatic hydroxyl groups is 1. The lowest BCUT2D eigenvalue weighted by Gasteiger charge is -2.25. The molecular formula is C15H14O5. The van der Waals surface area contributed by atoms with Crippen molar-refractivity contribution in [3.05, 3.63) is 35.4 Å². The third-order valence-electron chi connectivity index (χ3n) is 2.79. The lowest BCUT2D eigenvalue weighted by atomic mass is 9.99. The van der Waals surface area contributed by atoms with E-state index < -0.39 is 36.6 Å². The number of carbonyl (C=O) groups is 2. The summed E-state index contributed by atoms with van der Waals surface area (Å²) in [7, 11) is 0. The molecule has 0 aromatic heterocycles. The van der Waals surface area contributed by atoms with Crippen LogP contribution in [0.3, 0.4) is 0 Å². The third-order valence-corrected chi connectivity index (χ3v) is 2.79. The number of esters is 2. The van der Waals surface area contributed by atoms with Gasteiger partial charge < -0.3 is 14.6 Å². The normalized spacial score (nSPS) is 33.2. The quantitative estimate of drug-likeness (QED) is 0.654. The Morgan fingerprint density at radius 2 is 2.35 bits per heavy atom. The Morgan fingerprint density at radius 1 is 1.70 bits per heavy atom. The average molecular weight is 277 g/mol. The van der Waals surface area contributed by atoms with E-state index in [4.69, 9.17) is 15.3 Å². The monoisotopic (exact) mass is 277 g/mol. The van der Waals surface area contributed by atoms with Gasteiger partial charge in [-0.25, -0.2) is 4.79 Å². The van der Waals surface area contributed by atoms with Crippen molar-refractivity contribution in [2.45, 2.75) is 25.0 Å². The molecule has 2 atom stereocenters. The molecule has 20 heavy (non-hydrogen) atoms. The molecule has 1 aliphatic rings. The van der Waals surface area contributed by atoms with Gasteiger partial charge in [-0.05, 0) is 19.1 Å². The highest BCUT2D eigenvalue weighted by atomic mass is 16.6. The maximum absolute atomic E-state index is 12.2. The minimum Gasteiger partial charge on any atom is -0.453 e. The summed E-state index contributed by atoms with van der Waals surface area (Å²) in [6.45, 7) is 0.734. The zero-order valence-corrected chi connectivity index (χ0v) is 10.7. The Balaban J connectivity index is 2.44. The fourth-order valence-electron chi connectivity index (χ4n) is 1.62. The van der Waals surface area contributed by atoms with Crippen molar-refractivity contribution in [1.29, 1.82) is 0 Å². The van der Waals surface area contributed by atoms with Crippen LogP contribution < -0.4 is 0 Å². The summed E-state index contributed by atoms with van der Waals surface area (Å²) in [5.41, 5.74) is -1.50. The first-order valence-electron chi connectivity index (χ1n) is 7.25. The molecule has 0 aliphatic carbocycles. The van der Waals surface area contributed by atoms with Crippen LogP contribution in [0.2, 0.25) is 0 Å². The Kier molecular flexibility index (Phi) is 2.80. The van der Waals surface area contributed by atoms with Gasteiger partial charge in [0, 0.05) is 2.74 Å². The Hall–Kier alpha value is -2.32. The molecule has 0 bridgehead atoms. The molecule has 0 saturated carbocycles. The minimum atomic E-state index is -3.04. The summed E-state index contributed by atoms with van der Waals surface area (Å²) in [5.74, 6) is -0.664. The Morgan fingerprint density at radius 3 is 2.90 bits per heavy atom. The molecule has 0 radical (unpaired) electrons. The molecule has 1 aromatic rings. The number of aryl methyl sites for hydroxylation is 1. The highest BCUT2D eigenvalue weighted by molar-refractivity contribution is 5.90. The van der Waals surface area contributed by atoms with E-state index in [0.717, 1.165) is 5.56 Å². The summed E-state index contributed by atoms with van der Waals surface area (Å²) in [4.78, 5) is 23.9. The number of hydrogen-bond donors (Lipinski definition) is 1. The maximum Gasteiger partial charge on any atom is 0.338 e. The lowest BCUT2D eigenvalue weighted by molar-refractivity contribution is -0.148. The number of benzene rings is 1. The van der Waals surface area contributed by atoms with E-state index in [-0.39, 0.29) is 5.56 Å². The van der Waals surface area contributed by atoms with Gasteiger partial charge in [-0.3, -0.25) is 4.79 Å². The number of cyclic esters (lactones) is 1. The zero-order valence-electron chi connectivity index (χ0n) is 13.7. The molecule has 1 heterocycles. The smallest absolute Gasteiger partial charge is 0.338 e. The standard InChI is InChI=1S/C15H14O5/c1-3-15(9-16)12(8-13(17)20-15)19-14(18)11-6-4-10(2)5-7-11/h1,4-7,12,16H,8-9H2,2H3/t12-,15+/m0/s1/i8D2,12D. The topological polar surface area (TPSA) is 72.8 Å². The van der Waals surface area contributed by atoms with Gasteiger partial charge in [-0.15, -0.1) is 6.42 Å². The Labute approximate surface area is 120 Å². The average Bonchev–Trinajstić information content (AvgIpc) is 2.66. The van der Waals surface area contributed by atoms with Gasteiger partial charge in [0.15, 0.2) is 6.08 Å². The number of carbonyl (C=O) groups excluding carboxylic acids is 2. The highest BCUT2D eigenvalue weighted by Gasteiger charge is 2.50. The lowest BCUT2D eigenvalue weighted by Crippen LogP contribution is -2.44. The zero-order chi connectivity index (χ0) is 17.5. The minimum absolute atomic E-state index is 0.0428. The van der Waals surface area contributed by atoms with E-state index in [9.17, 15) is 14.7 Å². The van der Waals surface area contributed by atoms with Crippen LogP contribution in [0, 0.1) is 19.3 Å². The number of terminal acetylenes is 1. The number of rotatable bonds is 3. The van der Waals surface area contributed by atoms with Crippen LogP contribution in [0.1, 0.15) is 26.4 Å². The van der Waals surface area contributed by atoms with Crippen molar-refractivity contribution in [3.63, 3.8) is 0 Å². The first-order valence-corrected chi connectivity index (χ1v) is 5.75. The molecule has 5 nitrogen and oxygen atoms in total. The van der Waals surface area contributed by atoms with Crippen LogP contribution >= 0.6 is 0 Å². The summed E-state index contributed by atoms with van der Waals surface area (Å²) in [5, 5.41) is 9.42. The summed E-state index contributed by atoms with van der Waals surface area (Å²) in [6.07, 6.45) is -0.760. The molecule has 1 saturated heterocycles. The van der Waals surface area contributed by atoms with Crippen molar-refractivity contribution >= 4 is 11.9 Å². The molecule has 1 aliphatic heterocycles. The predicted octanol–water partition coefficient (Wildman–Crippen LogP) is 0.832. The number of hydrogen-bond acceptors (Lipinski definition) is 5. The van der Waals surface area contributed by atoms with Crippen LogP contribution in [0.5, 0.6) is 0 Å². The van der Waals surface area contributed by atoms with E-state index in [1.807, 2.05) is 5.92 Å². The van der Waals surface area contributed by atoms with E-state index >= 15 is 0 Å². The number of ether oxygens (including phenoxy) is 2. The van der Waals surface area contributed by atoms with Gasteiger partial charge in [0.25, 0.3) is 0 Å².